The number of nitrogens with two attached hydrogens (primary N) is 1. The van der Waals surface area contributed by atoms with Crippen molar-refractivity contribution < 1.29 is 4.74 Å². The Balaban J connectivity index is 1.70. The molecule has 84 valence electrons. The monoisotopic (exact) mass is 233 g/mol. The van der Waals surface area contributed by atoms with Crippen LogP contribution in [0.4, 0.5) is 0 Å². The van der Waals surface area contributed by atoms with Gasteiger partial charge in [0.1, 0.15) is 0 Å². The van der Waals surface area contributed by atoms with Crippen LogP contribution in [-0.4, -0.2) is 12.1 Å². The molecule has 3 rings (SSSR count). The molecule has 1 aliphatic carbocycles. The summed E-state index contributed by atoms with van der Waals surface area (Å²) >= 11 is 1.79. The quantitative estimate of drug-likeness (QED) is 0.884. The standard InChI is InChI=1S/C13H15NOS/c14-10-5-11(6-10)15-7-9-8-16-13-4-2-1-3-12(9)13/h1-4,8,10-11H,5-7,14H2. The van der Waals surface area contributed by atoms with E-state index in [1.807, 2.05) is 0 Å². The molecular formula is C13H15NOS. The average Bonchev–Trinajstić information content (AvgIpc) is 2.66. The van der Waals surface area contributed by atoms with Crippen molar-refractivity contribution in [1.29, 1.82) is 0 Å². The highest BCUT2D eigenvalue weighted by Crippen LogP contribution is 2.28. The number of thiophene rings is 1. The van der Waals surface area contributed by atoms with Gasteiger partial charge in [0.2, 0.25) is 0 Å². The molecule has 1 heterocycles. The molecule has 0 bridgehead atoms. The summed E-state index contributed by atoms with van der Waals surface area (Å²) in [6, 6.07) is 8.84. The average molecular weight is 233 g/mol. The maximum absolute atomic E-state index is 5.83. The molecule has 0 atom stereocenters. The molecule has 1 saturated carbocycles. The van der Waals surface area contributed by atoms with Crippen LogP contribution in [0, 0.1) is 0 Å². The van der Waals surface area contributed by atoms with Crippen LogP contribution in [0.5, 0.6) is 0 Å². The summed E-state index contributed by atoms with van der Waals surface area (Å²) in [7, 11) is 0. The number of fused-ring (bicyclic) bond motifs is 1. The summed E-state index contributed by atoms with van der Waals surface area (Å²) in [5, 5.41) is 3.53. The van der Waals surface area contributed by atoms with E-state index in [4.69, 9.17) is 10.5 Å². The molecule has 0 saturated heterocycles. The molecule has 0 spiro atoms. The molecule has 1 aliphatic rings. The van der Waals surface area contributed by atoms with Crippen molar-refractivity contribution in [3.8, 4) is 0 Å². The van der Waals surface area contributed by atoms with E-state index in [-0.39, 0.29) is 0 Å². The minimum Gasteiger partial charge on any atom is -0.373 e. The van der Waals surface area contributed by atoms with E-state index in [1.54, 1.807) is 11.3 Å². The molecule has 1 fully saturated rings. The van der Waals surface area contributed by atoms with Gasteiger partial charge in [-0.05, 0) is 35.2 Å². The molecule has 1 aromatic carbocycles. The SMILES string of the molecule is NC1CC(OCc2csc3ccccc23)C1. The molecular weight excluding hydrogens is 218 g/mol. The largest absolute Gasteiger partial charge is 0.373 e. The van der Waals surface area contributed by atoms with Crippen LogP contribution in [0.15, 0.2) is 29.6 Å². The van der Waals surface area contributed by atoms with E-state index in [9.17, 15) is 0 Å². The normalized spacial score (nSPS) is 24.6. The molecule has 16 heavy (non-hydrogen) atoms. The second kappa shape index (κ2) is 4.17. The van der Waals surface area contributed by atoms with E-state index < -0.39 is 0 Å². The minimum atomic E-state index is 0.365. The van der Waals surface area contributed by atoms with Crippen LogP contribution in [-0.2, 0) is 11.3 Å². The Morgan fingerprint density at radius 1 is 1.31 bits per heavy atom. The first-order chi connectivity index (χ1) is 7.83. The van der Waals surface area contributed by atoms with Crippen molar-refractivity contribution in [3.63, 3.8) is 0 Å². The first-order valence-electron chi connectivity index (χ1n) is 5.65. The zero-order valence-corrected chi connectivity index (χ0v) is 9.87. The molecule has 0 aliphatic heterocycles. The Labute approximate surface area is 99.0 Å². The number of hydrogen-bond acceptors (Lipinski definition) is 3. The van der Waals surface area contributed by atoms with E-state index in [1.165, 1.54) is 15.6 Å². The van der Waals surface area contributed by atoms with Gasteiger partial charge < -0.3 is 10.5 Å². The van der Waals surface area contributed by atoms with E-state index in [0.717, 1.165) is 19.4 Å². The van der Waals surface area contributed by atoms with Crippen LogP contribution in [0.25, 0.3) is 10.1 Å². The van der Waals surface area contributed by atoms with E-state index in [0.29, 0.717) is 12.1 Å². The Hall–Kier alpha value is -0.900. The molecule has 2 nitrogen and oxygen atoms in total. The molecule has 2 aromatic rings. The van der Waals surface area contributed by atoms with Gasteiger partial charge in [0.25, 0.3) is 0 Å². The minimum absolute atomic E-state index is 0.365. The van der Waals surface area contributed by atoms with Gasteiger partial charge in [0, 0.05) is 10.7 Å². The summed E-state index contributed by atoms with van der Waals surface area (Å²) in [5.74, 6) is 0. The Morgan fingerprint density at radius 3 is 2.94 bits per heavy atom. The highest BCUT2D eigenvalue weighted by molar-refractivity contribution is 7.17. The predicted molar refractivity (Wildman–Crippen MR) is 67.6 cm³/mol. The summed E-state index contributed by atoms with van der Waals surface area (Å²) in [5.41, 5.74) is 7.04. The topological polar surface area (TPSA) is 35.2 Å². The van der Waals surface area contributed by atoms with Gasteiger partial charge in [0.05, 0.1) is 12.7 Å². The van der Waals surface area contributed by atoms with Crippen LogP contribution in [0.2, 0.25) is 0 Å². The zero-order chi connectivity index (χ0) is 11.0. The van der Waals surface area contributed by atoms with Gasteiger partial charge >= 0.3 is 0 Å². The summed E-state index contributed by atoms with van der Waals surface area (Å²) < 4.78 is 7.17. The lowest BCUT2D eigenvalue weighted by molar-refractivity contribution is -0.0183. The lowest BCUT2D eigenvalue weighted by Gasteiger charge is -2.32. The fourth-order valence-electron chi connectivity index (χ4n) is 2.09. The number of ether oxygens (including phenoxy) is 1. The highest BCUT2D eigenvalue weighted by Gasteiger charge is 2.26. The predicted octanol–water partition coefficient (Wildman–Crippen LogP) is 2.91. The third kappa shape index (κ3) is 1.86. The van der Waals surface area contributed by atoms with Crippen molar-refractivity contribution in [2.75, 3.05) is 0 Å². The highest BCUT2D eigenvalue weighted by atomic mass is 32.1. The van der Waals surface area contributed by atoms with Crippen LogP contribution < -0.4 is 5.73 Å². The van der Waals surface area contributed by atoms with Crippen molar-refractivity contribution >= 4 is 21.4 Å². The molecule has 0 amide bonds. The van der Waals surface area contributed by atoms with E-state index >= 15 is 0 Å². The van der Waals surface area contributed by atoms with Gasteiger partial charge in [-0.15, -0.1) is 11.3 Å². The van der Waals surface area contributed by atoms with E-state index in [2.05, 4.69) is 29.6 Å². The first kappa shape index (κ1) is 10.3. The summed E-state index contributed by atoms with van der Waals surface area (Å²) in [6.45, 7) is 0.724. The first-order valence-corrected chi connectivity index (χ1v) is 6.53. The Bertz CT molecular complexity index is 487. The van der Waals surface area contributed by atoms with Crippen LogP contribution in [0.1, 0.15) is 18.4 Å². The van der Waals surface area contributed by atoms with Crippen molar-refractivity contribution in [1.82, 2.24) is 0 Å². The summed E-state index contributed by atoms with van der Waals surface area (Å²) in [6.07, 6.45) is 2.41. The lowest BCUT2D eigenvalue weighted by atomic mass is 9.90. The number of benzene rings is 1. The smallest absolute Gasteiger partial charge is 0.0734 e. The molecule has 3 heteroatoms. The maximum atomic E-state index is 5.83. The van der Waals surface area contributed by atoms with Gasteiger partial charge in [-0.3, -0.25) is 0 Å². The molecule has 2 N–H and O–H groups in total. The second-order valence-electron chi connectivity index (χ2n) is 4.42. The zero-order valence-electron chi connectivity index (χ0n) is 9.06. The molecule has 0 unspecified atom stereocenters. The summed E-state index contributed by atoms with van der Waals surface area (Å²) in [4.78, 5) is 0. The van der Waals surface area contributed by atoms with Gasteiger partial charge in [0.15, 0.2) is 0 Å². The van der Waals surface area contributed by atoms with Gasteiger partial charge in [-0.2, -0.15) is 0 Å². The Morgan fingerprint density at radius 2 is 2.12 bits per heavy atom. The molecule has 0 radical (unpaired) electrons. The number of hydrogen-bond donors (Lipinski definition) is 1. The van der Waals surface area contributed by atoms with Crippen molar-refractivity contribution in [2.24, 2.45) is 5.73 Å². The third-order valence-electron chi connectivity index (χ3n) is 3.17. The third-order valence-corrected chi connectivity index (χ3v) is 4.18. The van der Waals surface area contributed by atoms with Crippen molar-refractivity contribution in [2.45, 2.75) is 31.6 Å². The fraction of sp³-hybridized carbons (Fsp3) is 0.385. The number of rotatable bonds is 3. The van der Waals surface area contributed by atoms with Crippen LogP contribution >= 0.6 is 11.3 Å². The molecule has 1 aromatic heterocycles. The lowest BCUT2D eigenvalue weighted by Crippen LogP contribution is -2.41. The second-order valence-corrected chi connectivity index (χ2v) is 5.33. The van der Waals surface area contributed by atoms with Crippen molar-refractivity contribution in [3.05, 3.63) is 35.2 Å². The fourth-order valence-corrected chi connectivity index (χ4v) is 3.04. The maximum Gasteiger partial charge on any atom is 0.0734 e. The van der Waals surface area contributed by atoms with Gasteiger partial charge in [-0.1, -0.05) is 18.2 Å². The van der Waals surface area contributed by atoms with Crippen LogP contribution in [0.3, 0.4) is 0 Å². The van der Waals surface area contributed by atoms with Gasteiger partial charge in [-0.25, -0.2) is 0 Å². The Kier molecular flexibility index (Phi) is 2.67.